The van der Waals surface area contributed by atoms with Crippen molar-refractivity contribution in [2.24, 2.45) is 0 Å². The summed E-state index contributed by atoms with van der Waals surface area (Å²) in [6.07, 6.45) is 2.10. The summed E-state index contributed by atoms with van der Waals surface area (Å²) in [5, 5.41) is 10.0. The molecule has 5 heteroatoms. The lowest BCUT2D eigenvalue weighted by Gasteiger charge is -2.00. The van der Waals surface area contributed by atoms with Crippen molar-refractivity contribution in [1.29, 1.82) is 0 Å². The molecule has 1 N–H and O–H groups in total. The molecule has 98 valence electrons. The second-order valence-electron chi connectivity index (χ2n) is 4.54. The van der Waals surface area contributed by atoms with Gasteiger partial charge in [-0.1, -0.05) is 0 Å². The number of aromatic nitrogens is 1. The molecule has 1 saturated carbocycles. The van der Waals surface area contributed by atoms with Gasteiger partial charge in [0.05, 0.1) is 12.8 Å². The van der Waals surface area contributed by atoms with Gasteiger partial charge in [0.15, 0.2) is 0 Å². The van der Waals surface area contributed by atoms with E-state index in [1.54, 1.807) is 7.11 Å². The van der Waals surface area contributed by atoms with Gasteiger partial charge in [-0.15, -0.1) is 11.3 Å². The van der Waals surface area contributed by atoms with Gasteiger partial charge in [0, 0.05) is 11.5 Å². The average Bonchev–Trinajstić information content (AvgIpc) is 3.17. The third kappa shape index (κ3) is 2.33. The van der Waals surface area contributed by atoms with Gasteiger partial charge in [0.25, 0.3) is 0 Å². The maximum Gasteiger partial charge on any atom is 0.347 e. The van der Waals surface area contributed by atoms with Crippen LogP contribution in [0, 0.1) is 0 Å². The Hall–Kier alpha value is -1.88. The molecule has 0 bridgehead atoms. The van der Waals surface area contributed by atoms with Crippen LogP contribution in [0.3, 0.4) is 0 Å². The Bertz CT molecular complexity index is 614. The maximum absolute atomic E-state index is 11.2. The van der Waals surface area contributed by atoms with Crippen molar-refractivity contribution in [2.75, 3.05) is 7.11 Å². The molecule has 0 aliphatic heterocycles. The van der Waals surface area contributed by atoms with Crippen LogP contribution in [0.15, 0.2) is 24.3 Å². The number of nitrogens with zero attached hydrogens (tertiary/aromatic N) is 1. The van der Waals surface area contributed by atoms with E-state index in [4.69, 9.17) is 4.74 Å². The van der Waals surface area contributed by atoms with Gasteiger partial charge >= 0.3 is 5.97 Å². The van der Waals surface area contributed by atoms with Gasteiger partial charge in [-0.3, -0.25) is 0 Å². The van der Waals surface area contributed by atoms with E-state index in [0.29, 0.717) is 10.8 Å². The standard InChI is InChI=1S/C14H13NO3S/c1-18-10-6-4-9(5-7-10)13-15-11(8-2-3-8)12(19-13)14(16)17/h4-8H,2-3H2,1H3,(H,16,17). The van der Waals surface area contributed by atoms with E-state index >= 15 is 0 Å². The number of ether oxygens (including phenoxy) is 1. The van der Waals surface area contributed by atoms with Gasteiger partial charge in [-0.05, 0) is 37.1 Å². The van der Waals surface area contributed by atoms with Crippen molar-refractivity contribution < 1.29 is 14.6 Å². The summed E-state index contributed by atoms with van der Waals surface area (Å²) in [6, 6.07) is 7.52. The number of aromatic carboxylic acids is 1. The number of carbonyl (C=O) groups is 1. The predicted molar refractivity (Wildman–Crippen MR) is 73.0 cm³/mol. The molecule has 0 amide bonds. The fourth-order valence-corrected chi connectivity index (χ4v) is 2.97. The molecule has 1 heterocycles. The van der Waals surface area contributed by atoms with Crippen LogP contribution in [0.25, 0.3) is 10.6 Å². The van der Waals surface area contributed by atoms with Crippen LogP contribution in [0.2, 0.25) is 0 Å². The molecule has 0 unspecified atom stereocenters. The van der Waals surface area contributed by atoms with E-state index in [0.717, 1.165) is 34.9 Å². The number of methoxy groups -OCH3 is 1. The molecule has 0 saturated heterocycles. The van der Waals surface area contributed by atoms with Crippen LogP contribution in [-0.2, 0) is 0 Å². The Kier molecular flexibility index (Phi) is 2.98. The first kappa shape index (κ1) is 12.2. The lowest BCUT2D eigenvalue weighted by molar-refractivity contribution is 0.0700. The van der Waals surface area contributed by atoms with Crippen LogP contribution in [0.1, 0.15) is 34.1 Å². The number of hydrogen-bond acceptors (Lipinski definition) is 4. The highest BCUT2D eigenvalue weighted by Crippen LogP contribution is 2.44. The van der Waals surface area contributed by atoms with Gasteiger partial charge in [0.2, 0.25) is 0 Å². The monoisotopic (exact) mass is 275 g/mol. The number of carboxylic acid groups (broad SMARTS) is 1. The van der Waals surface area contributed by atoms with Crippen molar-refractivity contribution in [3.05, 3.63) is 34.8 Å². The quantitative estimate of drug-likeness (QED) is 0.929. The zero-order valence-corrected chi connectivity index (χ0v) is 11.2. The number of carboxylic acids is 1. The zero-order valence-electron chi connectivity index (χ0n) is 10.4. The second kappa shape index (κ2) is 4.66. The normalized spacial score (nSPS) is 14.4. The highest BCUT2D eigenvalue weighted by atomic mass is 32.1. The van der Waals surface area contributed by atoms with Crippen molar-refractivity contribution >= 4 is 17.3 Å². The highest BCUT2D eigenvalue weighted by molar-refractivity contribution is 7.17. The molecule has 2 aromatic rings. The topological polar surface area (TPSA) is 59.4 Å². The molecule has 0 spiro atoms. The van der Waals surface area contributed by atoms with Gasteiger partial charge in [-0.25, -0.2) is 9.78 Å². The maximum atomic E-state index is 11.2. The zero-order chi connectivity index (χ0) is 13.4. The smallest absolute Gasteiger partial charge is 0.347 e. The first-order valence-electron chi connectivity index (χ1n) is 6.07. The van der Waals surface area contributed by atoms with E-state index < -0.39 is 5.97 Å². The predicted octanol–water partition coefficient (Wildman–Crippen LogP) is 3.39. The number of hydrogen-bond donors (Lipinski definition) is 1. The molecule has 1 aromatic heterocycles. The summed E-state index contributed by atoms with van der Waals surface area (Å²) in [5.41, 5.74) is 1.68. The molecule has 1 aliphatic carbocycles. The summed E-state index contributed by atoms with van der Waals surface area (Å²) in [5.74, 6) is 0.245. The van der Waals surface area contributed by atoms with Crippen LogP contribution in [0.4, 0.5) is 0 Å². The van der Waals surface area contributed by atoms with E-state index in [-0.39, 0.29) is 0 Å². The summed E-state index contributed by atoms with van der Waals surface area (Å²) >= 11 is 1.25. The van der Waals surface area contributed by atoms with Crippen molar-refractivity contribution in [3.63, 3.8) is 0 Å². The Morgan fingerprint density at radius 1 is 1.37 bits per heavy atom. The van der Waals surface area contributed by atoms with E-state index in [1.807, 2.05) is 24.3 Å². The molecular formula is C14H13NO3S. The highest BCUT2D eigenvalue weighted by Gasteiger charge is 2.32. The Labute approximate surface area is 114 Å². The second-order valence-corrected chi connectivity index (χ2v) is 5.54. The third-order valence-corrected chi connectivity index (χ3v) is 4.26. The Balaban J connectivity index is 1.99. The summed E-state index contributed by atoms with van der Waals surface area (Å²) in [4.78, 5) is 16.1. The van der Waals surface area contributed by atoms with Gasteiger partial charge in [-0.2, -0.15) is 0 Å². The van der Waals surface area contributed by atoms with Crippen molar-refractivity contribution in [2.45, 2.75) is 18.8 Å². The van der Waals surface area contributed by atoms with Crippen LogP contribution >= 0.6 is 11.3 Å². The van der Waals surface area contributed by atoms with Crippen molar-refractivity contribution in [1.82, 2.24) is 4.98 Å². The molecule has 0 atom stereocenters. The van der Waals surface area contributed by atoms with Gasteiger partial charge < -0.3 is 9.84 Å². The SMILES string of the molecule is COc1ccc(-c2nc(C3CC3)c(C(=O)O)s2)cc1. The molecule has 1 aromatic carbocycles. The number of rotatable bonds is 4. The minimum absolute atomic E-state index is 0.342. The van der Waals surface area contributed by atoms with Crippen LogP contribution in [-0.4, -0.2) is 23.2 Å². The fourth-order valence-electron chi connectivity index (χ4n) is 1.98. The lowest BCUT2D eigenvalue weighted by atomic mass is 10.2. The molecule has 3 rings (SSSR count). The van der Waals surface area contributed by atoms with Crippen molar-refractivity contribution in [3.8, 4) is 16.3 Å². The fraction of sp³-hybridized carbons (Fsp3) is 0.286. The molecule has 0 radical (unpaired) electrons. The Morgan fingerprint density at radius 2 is 2.05 bits per heavy atom. The Morgan fingerprint density at radius 3 is 2.58 bits per heavy atom. The molecule has 1 aliphatic rings. The first-order chi connectivity index (χ1) is 9.19. The minimum atomic E-state index is -0.876. The summed E-state index contributed by atoms with van der Waals surface area (Å²) in [7, 11) is 1.62. The van der Waals surface area contributed by atoms with Crippen LogP contribution < -0.4 is 4.74 Å². The van der Waals surface area contributed by atoms with E-state index in [1.165, 1.54) is 11.3 Å². The van der Waals surface area contributed by atoms with Crippen LogP contribution in [0.5, 0.6) is 5.75 Å². The van der Waals surface area contributed by atoms with E-state index in [2.05, 4.69) is 4.98 Å². The summed E-state index contributed by atoms with van der Waals surface area (Å²) < 4.78 is 5.11. The minimum Gasteiger partial charge on any atom is -0.497 e. The molecule has 4 nitrogen and oxygen atoms in total. The summed E-state index contributed by atoms with van der Waals surface area (Å²) in [6.45, 7) is 0. The first-order valence-corrected chi connectivity index (χ1v) is 6.89. The van der Waals surface area contributed by atoms with Gasteiger partial charge in [0.1, 0.15) is 15.6 Å². The third-order valence-electron chi connectivity index (χ3n) is 3.15. The molecule has 1 fully saturated rings. The van der Waals surface area contributed by atoms with E-state index in [9.17, 15) is 9.90 Å². The number of thiazole rings is 1. The molecule has 19 heavy (non-hydrogen) atoms. The largest absolute Gasteiger partial charge is 0.497 e. The lowest BCUT2D eigenvalue weighted by Crippen LogP contribution is -1.97. The molecular weight excluding hydrogens is 262 g/mol. The number of benzene rings is 1. The average molecular weight is 275 g/mol.